The number of pyridine rings is 1. The Morgan fingerprint density at radius 1 is 1.24 bits per heavy atom. The van der Waals surface area contributed by atoms with E-state index in [4.69, 9.17) is 21.6 Å². The smallest absolute Gasteiger partial charge is 0.219 e. The number of aryl methyl sites for hydroxylation is 1. The van der Waals surface area contributed by atoms with Crippen molar-refractivity contribution in [2.45, 2.75) is 51.5 Å². The maximum absolute atomic E-state index is 16.5. The summed E-state index contributed by atoms with van der Waals surface area (Å²) in [4.78, 5) is 31.9. The lowest BCUT2D eigenvalue weighted by molar-refractivity contribution is -0.150. The van der Waals surface area contributed by atoms with Gasteiger partial charge in [-0.1, -0.05) is 29.8 Å². The zero-order chi connectivity index (χ0) is 30.7. The van der Waals surface area contributed by atoms with E-state index in [0.717, 1.165) is 0 Å². The second-order valence-corrected chi connectivity index (χ2v) is 11.3. The largest absolute Gasteiger partial charge is 0.385 e. The molecule has 1 saturated heterocycles. The van der Waals surface area contributed by atoms with Crippen LogP contribution < -0.4 is 0 Å². The summed E-state index contributed by atoms with van der Waals surface area (Å²) >= 11 is 6.17. The van der Waals surface area contributed by atoms with Gasteiger partial charge in [0.2, 0.25) is 12.3 Å². The van der Waals surface area contributed by atoms with Crippen LogP contribution in [0.4, 0.5) is 4.39 Å². The van der Waals surface area contributed by atoms with Crippen molar-refractivity contribution in [3.63, 3.8) is 0 Å². The quantitative estimate of drug-likeness (QED) is 0.276. The van der Waals surface area contributed by atoms with Crippen LogP contribution in [0.15, 0.2) is 54.7 Å². The summed E-state index contributed by atoms with van der Waals surface area (Å²) in [5, 5.41) is 21.3. The molecule has 220 valence electrons. The zero-order valence-electron chi connectivity index (χ0n) is 24.1. The van der Waals surface area contributed by atoms with Crippen molar-refractivity contribution in [3.05, 3.63) is 99.1 Å². The van der Waals surface area contributed by atoms with Crippen LogP contribution in [0.3, 0.4) is 0 Å². The Morgan fingerprint density at radius 2 is 1.90 bits per heavy atom. The highest BCUT2D eigenvalue weighted by molar-refractivity contribution is 6.30. The molecule has 2 atom stereocenters. The minimum atomic E-state index is -1.73. The maximum Gasteiger partial charge on any atom is 0.219 e. The number of rotatable bonds is 9. The minimum absolute atomic E-state index is 0.00613. The molecular formula is C32H34ClFN4O4. The van der Waals surface area contributed by atoms with Gasteiger partial charge in [0, 0.05) is 49.5 Å². The summed E-state index contributed by atoms with van der Waals surface area (Å²) in [6.45, 7) is 5.90. The van der Waals surface area contributed by atoms with Crippen molar-refractivity contribution in [2.24, 2.45) is 5.92 Å². The number of hydrogen-bond donors (Lipinski definition) is 1. The van der Waals surface area contributed by atoms with E-state index in [-0.39, 0.29) is 23.9 Å². The Balaban J connectivity index is 1.81. The van der Waals surface area contributed by atoms with Gasteiger partial charge in [0.25, 0.3) is 0 Å². The number of piperidine rings is 1. The standard InChI is InChI=1S/C32H34ClFN4O4/c1-21-15-26(31(3,41)24-11-13-37(14-12-24)22(2)40)16-29(34)30(21)32(42-4,25-6-8-27(33)9-7-25)38(20-39)19-28-10-5-23(17-35)18-36-28/h5-10,15-16,18,20,24,41H,11-14,19H2,1-4H3. The molecule has 0 bridgehead atoms. The van der Waals surface area contributed by atoms with Gasteiger partial charge >= 0.3 is 0 Å². The van der Waals surface area contributed by atoms with Crippen LogP contribution in [0.25, 0.3) is 0 Å². The first-order valence-electron chi connectivity index (χ1n) is 13.6. The molecule has 0 aliphatic carbocycles. The first kappa shape index (κ1) is 31.1. The molecule has 2 unspecified atom stereocenters. The van der Waals surface area contributed by atoms with Crippen molar-refractivity contribution in [3.8, 4) is 6.07 Å². The molecule has 0 saturated carbocycles. The number of likely N-dealkylation sites (tertiary alicyclic amines) is 1. The van der Waals surface area contributed by atoms with Crippen LogP contribution in [0.5, 0.6) is 0 Å². The number of aromatic nitrogens is 1. The number of carbonyl (C=O) groups excluding carboxylic acids is 2. The highest BCUT2D eigenvalue weighted by Crippen LogP contribution is 2.43. The summed E-state index contributed by atoms with van der Waals surface area (Å²) in [6.07, 6.45) is 3.14. The average Bonchev–Trinajstić information content (AvgIpc) is 2.98. The number of amides is 2. The minimum Gasteiger partial charge on any atom is -0.385 e. The van der Waals surface area contributed by atoms with Crippen molar-refractivity contribution in [2.75, 3.05) is 20.2 Å². The third kappa shape index (κ3) is 5.88. The number of methoxy groups -OCH3 is 1. The van der Waals surface area contributed by atoms with Gasteiger partial charge in [0.15, 0.2) is 5.72 Å². The summed E-state index contributed by atoms with van der Waals surface area (Å²) in [6, 6.07) is 14.8. The fourth-order valence-corrected chi connectivity index (χ4v) is 6.03. The van der Waals surface area contributed by atoms with E-state index in [1.807, 2.05) is 6.07 Å². The second kappa shape index (κ2) is 12.6. The van der Waals surface area contributed by atoms with E-state index >= 15 is 4.39 Å². The summed E-state index contributed by atoms with van der Waals surface area (Å²) in [7, 11) is 1.39. The number of nitrogens with zero attached hydrogens (tertiary/aromatic N) is 4. The molecule has 2 amide bonds. The first-order valence-corrected chi connectivity index (χ1v) is 14.0. The normalized spacial score (nSPS) is 16.7. The highest BCUT2D eigenvalue weighted by atomic mass is 35.5. The molecule has 42 heavy (non-hydrogen) atoms. The van der Waals surface area contributed by atoms with Crippen LogP contribution in [0.1, 0.15) is 60.2 Å². The molecule has 1 fully saturated rings. The SMILES string of the molecule is COC(c1ccc(Cl)cc1)(c1c(C)cc(C(C)(O)C2CCN(C(C)=O)CC2)cc1F)N(C=O)Cc1ccc(C#N)cn1. The van der Waals surface area contributed by atoms with E-state index in [0.29, 0.717) is 65.3 Å². The van der Waals surface area contributed by atoms with Gasteiger partial charge in [-0.2, -0.15) is 5.26 Å². The molecule has 10 heteroatoms. The second-order valence-electron chi connectivity index (χ2n) is 10.8. The molecule has 1 aromatic heterocycles. The van der Waals surface area contributed by atoms with E-state index in [9.17, 15) is 14.7 Å². The molecule has 2 heterocycles. The number of hydrogen-bond acceptors (Lipinski definition) is 6. The molecule has 1 aliphatic rings. The lowest BCUT2D eigenvalue weighted by Crippen LogP contribution is -2.49. The molecular weight excluding hydrogens is 559 g/mol. The number of nitriles is 1. The Kier molecular flexibility index (Phi) is 9.31. The van der Waals surface area contributed by atoms with Gasteiger partial charge in [0.05, 0.1) is 23.4 Å². The van der Waals surface area contributed by atoms with E-state index in [1.165, 1.54) is 31.2 Å². The lowest BCUT2D eigenvalue weighted by Gasteiger charge is -2.43. The van der Waals surface area contributed by atoms with E-state index in [1.54, 1.807) is 61.2 Å². The number of benzene rings is 2. The van der Waals surface area contributed by atoms with Crippen LogP contribution >= 0.6 is 11.6 Å². The Bertz CT molecular complexity index is 1460. The van der Waals surface area contributed by atoms with Crippen LogP contribution in [0.2, 0.25) is 5.02 Å². The van der Waals surface area contributed by atoms with Gasteiger partial charge in [-0.25, -0.2) is 4.39 Å². The number of aliphatic hydroxyl groups is 1. The summed E-state index contributed by atoms with van der Waals surface area (Å²) in [5.41, 5.74) is -0.854. The Morgan fingerprint density at radius 3 is 2.40 bits per heavy atom. The monoisotopic (exact) mass is 592 g/mol. The highest BCUT2D eigenvalue weighted by Gasteiger charge is 2.45. The predicted molar refractivity (Wildman–Crippen MR) is 155 cm³/mol. The average molecular weight is 593 g/mol. The number of carbonyl (C=O) groups is 2. The molecule has 0 spiro atoms. The van der Waals surface area contributed by atoms with Crippen molar-refractivity contribution in [1.82, 2.24) is 14.8 Å². The van der Waals surface area contributed by atoms with E-state index < -0.39 is 17.1 Å². The molecule has 3 aromatic rings. The maximum atomic E-state index is 16.5. The lowest BCUT2D eigenvalue weighted by atomic mass is 9.76. The molecule has 2 aromatic carbocycles. The van der Waals surface area contributed by atoms with Crippen LogP contribution in [0, 0.1) is 30.0 Å². The van der Waals surface area contributed by atoms with Gasteiger partial charge in [-0.15, -0.1) is 0 Å². The Hall–Kier alpha value is -3.84. The Labute approximate surface area is 250 Å². The van der Waals surface area contributed by atoms with Crippen molar-refractivity contribution >= 4 is 23.9 Å². The van der Waals surface area contributed by atoms with Gasteiger partial charge in [0.1, 0.15) is 11.9 Å². The molecule has 1 N–H and O–H groups in total. The van der Waals surface area contributed by atoms with Crippen LogP contribution in [-0.4, -0.2) is 52.4 Å². The topological polar surface area (TPSA) is 107 Å². The molecule has 1 aliphatic heterocycles. The third-order valence-electron chi connectivity index (χ3n) is 8.29. The van der Waals surface area contributed by atoms with Gasteiger partial charge in [-0.05, 0) is 74.1 Å². The fourth-order valence-electron chi connectivity index (χ4n) is 5.91. The summed E-state index contributed by atoms with van der Waals surface area (Å²) in [5.74, 6) is -0.855. The molecule has 4 rings (SSSR count). The summed E-state index contributed by atoms with van der Waals surface area (Å²) < 4.78 is 22.6. The molecule has 8 nitrogen and oxygen atoms in total. The van der Waals surface area contributed by atoms with Gasteiger partial charge < -0.3 is 19.6 Å². The number of ether oxygens (including phenoxy) is 1. The first-order chi connectivity index (χ1) is 20.0. The van der Waals surface area contributed by atoms with Gasteiger partial charge in [-0.3, -0.25) is 14.6 Å². The van der Waals surface area contributed by atoms with Crippen molar-refractivity contribution < 1.29 is 23.8 Å². The van der Waals surface area contributed by atoms with E-state index in [2.05, 4.69) is 4.98 Å². The molecule has 0 radical (unpaired) electrons. The number of halogens is 2. The zero-order valence-corrected chi connectivity index (χ0v) is 24.9. The fraction of sp³-hybridized carbons (Fsp3) is 0.375. The predicted octanol–water partition coefficient (Wildman–Crippen LogP) is 5.03. The third-order valence-corrected chi connectivity index (χ3v) is 8.55. The van der Waals surface area contributed by atoms with Crippen LogP contribution in [-0.2, 0) is 32.2 Å². The van der Waals surface area contributed by atoms with Crippen molar-refractivity contribution in [1.29, 1.82) is 5.26 Å².